The van der Waals surface area contributed by atoms with Crippen molar-refractivity contribution < 1.29 is 23.4 Å². The number of aliphatic hydroxyl groups is 1. The van der Waals surface area contributed by atoms with E-state index in [9.17, 15) is 23.5 Å². The molecule has 8 nitrogen and oxygen atoms in total. The van der Waals surface area contributed by atoms with Crippen molar-refractivity contribution in [3.05, 3.63) is 104 Å². The van der Waals surface area contributed by atoms with Crippen molar-refractivity contribution in [2.45, 2.75) is 40.4 Å². The van der Waals surface area contributed by atoms with Gasteiger partial charge in [-0.1, -0.05) is 11.6 Å². The van der Waals surface area contributed by atoms with Crippen LogP contribution in [0.1, 0.15) is 43.7 Å². The van der Waals surface area contributed by atoms with Gasteiger partial charge in [0.1, 0.15) is 29.7 Å². The van der Waals surface area contributed by atoms with E-state index in [1.54, 1.807) is 32.9 Å². The van der Waals surface area contributed by atoms with Gasteiger partial charge in [0.2, 0.25) is 6.41 Å². The van der Waals surface area contributed by atoms with Crippen LogP contribution in [-0.2, 0) is 16.1 Å². The van der Waals surface area contributed by atoms with Crippen LogP contribution in [0, 0.1) is 18.6 Å². The van der Waals surface area contributed by atoms with Gasteiger partial charge in [0, 0.05) is 41.9 Å². The lowest BCUT2D eigenvalue weighted by atomic mass is 10.2. The van der Waals surface area contributed by atoms with Gasteiger partial charge in [-0.15, -0.1) is 0 Å². The molecule has 3 rings (SSSR count). The number of amides is 1. The fraction of sp³-hybridized carbons (Fsp3) is 0.231. The number of carbonyl (C=O) groups is 1. The fourth-order valence-electron chi connectivity index (χ4n) is 3.43. The SMILES string of the molecule is C/C(=C/C(OCc1ncc(F)cc1F)=C(\C)Cl)N(C=O)c1cc(-n2cccc(C(C)O)c2=O)ncc1C. The number of nitrogens with zero attached hydrogens (tertiary/aromatic N) is 4. The van der Waals surface area contributed by atoms with Gasteiger partial charge in [0.25, 0.3) is 5.56 Å². The van der Waals surface area contributed by atoms with Crippen LogP contribution in [0.5, 0.6) is 0 Å². The number of aliphatic hydroxyl groups excluding tert-OH is 1. The Morgan fingerprint density at radius 1 is 1.27 bits per heavy atom. The minimum absolute atomic E-state index is 0.116. The molecule has 3 aromatic rings. The lowest BCUT2D eigenvalue weighted by molar-refractivity contribution is -0.107. The number of hydrogen-bond acceptors (Lipinski definition) is 6. The average Bonchev–Trinajstić information content (AvgIpc) is 2.84. The van der Waals surface area contributed by atoms with Crippen LogP contribution in [0.3, 0.4) is 0 Å². The minimum Gasteiger partial charge on any atom is -0.486 e. The summed E-state index contributed by atoms with van der Waals surface area (Å²) in [4.78, 5) is 34.3. The van der Waals surface area contributed by atoms with E-state index < -0.39 is 23.3 Å². The van der Waals surface area contributed by atoms with Gasteiger partial charge in [0.15, 0.2) is 5.82 Å². The van der Waals surface area contributed by atoms with E-state index in [0.717, 1.165) is 6.20 Å². The quantitative estimate of drug-likeness (QED) is 0.242. The molecule has 37 heavy (non-hydrogen) atoms. The van der Waals surface area contributed by atoms with Gasteiger partial charge < -0.3 is 9.84 Å². The smallest absolute Gasteiger partial charge is 0.262 e. The van der Waals surface area contributed by atoms with Crippen LogP contribution in [-0.4, -0.2) is 26.1 Å². The normalized spacial score (nSPS) is 13.1. The first kappa shape index (κ1) is 27.7. The summed E-state index contributed by atoms with van der Waals surface area (Å²) in [5, 5.41) is 10.1. The third-order valence-corrected chi connectivity index (χ3v) is 5.59. The zero-order chi connectivity index (χ0) is 27.3. The molecular formula is C26H25ClF2N4O4. The summed E-state index contributed by atoms with van der Waals surface area (Å²) < 4.78 is 33.9. The monoisotopic (exact) mass is 530 g/mol. The molecule has 0 aliphatic heterocycles. The van der Waals surface area contributed by atoms with E-state index in [1.807, 2.05) is 0 Å². The van der Waals surface area contributed by atoms with Gasteiger partial charge in [0.05, 0.1) is 23.0 Å². The predicted octanol–water partition coefficient (Wildman–Crippen LogP) is 4.82. The topological polar surface area (TPSA) is 97.5 Å². The number of halogens is 3. The second kappa shape index (κ2) is 11.9. The van der Waals surface area contributed by atoms with E-state index in [-0.39, 0.29) is 34.5 Å². The maximum Gasteiger partial charge on any atom is 0.262 e. The van der Waals surface area contributed by atoms with Crippen LogP contribution < -0.4 is 10.5 Å². The molecule has 11 heteroatoms. The first-order valence-electron chi connectivity index (χ1n) is 11.1. The summed E-state index contributed by atoms with van der Waals surface area (Å²) >= 11 is 6.17. The molecule has 0 aliphatic carbocycles. The molecule has 0 aromatic carbocycles. The molecule has 0 saturated heterocycles. The van der Waals surface area contributed by atoms with Gasteiger partial charge in [-0.2, -0.15) is 0 Å². The number of allylic oxidation sites excluding steroid dienone is 3. The molecule has 0 spiro atoms. The van der Waals surface area contributed by atoms with Crippen molar-refractivity contribution in [2.24, 2.45) is 0 Å². The van der Waals surface area contributed by atoms with Crippen LogP contribution in [0.4, 0.5) is 14.5 Å². The number of ether oxygens (including phenoxy) is 1. The zero-order valence-electron chi connectivity index (χ0n) is 20.6. The summed E-state index contributed by atoms with van der Waals surface area (Å²) in [7, 11) is 0. The van der Waals surface area contributed by atoms with Gasteiger partial charge in [-0.3, -0.25) is 24.0 Å². The van der Waals surface area contributed by atoms with Crippen LogP contribution in [0.15, 0.2) is 70.2 Å². The summed E-state index contributed by atoms with van der Waals surface area (Å²) in [5.74, 6) is -1.29. The molecule has 1 unspecified atom stereocenters. The molecule has 1 amide bonds. The highest BCUT2D eigenvalue weighted by atomic mass is 35.5. The van der Waals surface area contributed by atoms with E-state index in [2.05, 4.69) is 9.97 Å². The van der Waals surface area contributed by atoms with Crippen LogP contribution in [0.2, 0.25) is 0 Å². The Kier molecular flexibility index (Phi) is 8.90. The Morgan fingerprint density at radius 2 is 2.00 bits per heavy atom. The summed E-state index contributed by atoms with van der Waals surface area (Å²) in [5.41, 5.74) is 1.10. The Hall–Kier alpha value is -3.89. The molecule has 1 N–H and O–H groups in total. The van der Waals surface area contributed by atoms with E-state index in [1.165, 1.54) is 40.9 Å². The van der Waals surface area contributed by atoms with Gasteiger partial charge in [-0.05, 0) is 45.4 Å². The maximum absolute atomic E-state index is 13.9. The molecule has 0 radical (unpaired) electrons. The second-order valence-electron chi connectivity index (χ2n) is 8.17. The highest BCUT2D eigenvalue weighted by Crippen LogP contribution is 2.26. The number of rotatable bonds is 9. The number of aromatic nitrogens is 3. The highest BCUT2D eigenvalue weighted by Gasteiger charge is 2.17. The number of pyridine rings is 3. The van der Waals surface area contributed by atoms with Gasteiger partial charge in [-0.25, -0.2) is 13.8 Å². The summed E-state index contributed by atoms with van der Waals surface area (Å²) in [6.45, 7) is 6.10. The van der Waals surface area contributed by atoms with Crippen molar-refractivity contribution in [1.82, 2.24) is 14.5 Å². The lowest BCUT2D eigenvalue weighted by Crippen LogP contribution is -2.25. The number of carbonyl (C=O) groups excluding carboxylic acids is 1. The van der Waals surface area contributed by atoms with Gasteiger partial charge >= 0.3 is 0 Å². The minimum atomic E-state index is -0.968. The standard InChI is InChI=1S/C26H25ClF2N4O4/c1-15-11-31-25(32-7-5-6-20(18(4)35)26(32)36)10-23(15)33(14-34)16(2)8-24(17(3)27)37-13-22-21(29)9-19(28)12-30-22/h5-12,14,18,35H,13H2,1-4H3/b16-8-,24-17-. The van der Waals surface area contributed by atoms with E-state index >= 15 is 0 Å². The van der Waals surface area contributed by atoms with E-state index in [4.69, 9.17) is 16.3 Å². The molecule has 3 heterocycles. The van der Waals surface area contributed by atoms with Crippen molar-refractivity contribution in [3.8, 4) is 5.82 Å². The number of anilines is 1. The third kappa shape index (κ3) is 6.46. The van der Waals surface area contributed by atoms with Crippen molar-refractivity contribution in [2.75, 3.05) is 4.90 Å². The zero-order valence-corrected chi connectivity index (χ0v) is 21.3. The molecule has 0 aliphatic rings. The second-order valence-corrected chi connectivity index (χ2v) is 8.74. The van der Waals surface area contributed by atoms with E-state index in [0.29, 0.717) is 29.4 Å². The molecule has 0 fully saturated rings. The maximum atomic E-state index is 13.9. The predicted molar refractivity (Wildman–Crippen MR) is 135 cm³/mol. The molecule has 194 valence electrons. The number of hydrogen-bond donors (Lipinski definition) is 1. The third-order valence-electron chi connectivity index (χ3n) is 5.41. The molecule has 0 bridgehead atoms. The fourth-order valence-corrected chi connectivity index (χ4v) is 3.54. The highest BCUT2D eigenvalue weighted by molar-refractivity contribution is 6.29. The molecule has 3 aromatic heterocycles. The van der Waals surface area contributed by atoms with Crippen molar-refractivity contribution in [1.29, 1.82) is 0 Å². The molecular weight excluding hydrogens is 506 g/mol. The Balaban J connectivity index is 1.95. The first-order chi connectivity index (χ1) is 17.5. The number of aryl methyl sites for hydroxylation is 1. The summed E-state index contributed by atoms with van der Waals surface area (Å²) in [6, 6.07) is 5.40. The lowest BCUT2D eigenvalue weighted by Gasteiger charge is -2.22. The van der Waals surface area contributed by atoms with Crippen LogP contribution >= 0.6 is 11.6 Å². The molecule has 0 saturated carbocycles. The van der Waals surface area contributed by atoms with Crippen molar-refractivity contribution in [3.63, 3.8) is 0 Å². The molecule has 1 atom stereocenters. The average molecular weight is 531 g/mol. The first-order valence-corrected chi connectivity index (χ1v) is 11.5. The summed E-state index contributed by atoms with van der Waals surface area (Å²) in [6.07, 6.45) is 4.99. The Labute approximate surface area is 217 Å². The van der Waals surface area contributed by atoms with Crippen molar-refractivity contribution >= 4 is 23.7 Å². The largest absolute Gasteiger partial charge is 0.486 e. The van der Waals surface area contributed by atoms with Crippen LogP contribution in [0.25, 0.3) is 5.82 Å². The Morgan fingerprint density at radius 3 is 2.62 bits per heavy atom. The Bertz CT molecular complexity index is 1430.